The van der Waals surface area contributed by atoms with Crippen molar-refractivity contribution in [1.29, 1.82) is 0 Å². The van der Waals surface area contributed by atoms with Crippen LogP contribution in [0.3, 0.4) is 0 Å². The summed E-state index contributed by atoms with van der Waals surface area (Å²) >= 11 is 0. The Morgan fingerprint density at radius 2 is 1.71 bits per heavy atom. The topological polar surface area (TPSA) is 38.0 Å². The molecule has 0 amide bonds. The Labute approximate surface area is 101 Å². The van der Waals surface area contributed by atoms with Crippen molar-refractivity contribution in [3.05, 3.63) is 35.4 Å². The Balaban J connectivity index is 2.65. The Hall–Kier alpha value is -1.00. The maximum Gasteiger partial charge on any atom is 0.126 e. The summed E-state index contributed by atoms with van der Waals surface area (Å²) in [5, 5.41) is 0. The maximum absolute atomic E-state index is 13.1. The van der Waals surface area contributed by atoms with Gasteiger partial charge in [-0.3, -0.25) is 11.3 Å². The molecule has 96 valence electrons. The van der Waals surface area contributed by atoms with Crippen molar-refractivity contribution in [2.45, 2.75) is 39.2 Å². The summed E-state index contributed by atoms with van der Waals surface area (Å²) in [6.07, 6.45) is 2.83. The largest absolute Gasteiger partial charge is 0.271 e. The summed E-state index contributed by atoms with van der Waals surface area (Å²) in [6.45, 7) is 4.29. The van der Waals surface area contributed by atoms with Gasteiger partial charge in [-0.05, 0) is 30.0 Å². The monoisotopic (exact) mass is 242 g/mol. The molecule has 1 aromatic rings. The molecule has 1 rings (SSSR count). The van der Waals surface area contributed by atoms with Crippen LogP contribution in [0, 0.1) is 17.6 Å². The van der Waals surface area contributed by atoms with Gasteiger partial charge in [0, 0.05) is 12.1 Å². The summed E-state index contributed by atoms with van der Waals surface area (Å²) in [6, 6.07) is 3.32. The number of hydrazine groups is 1. The van der Waals surface area contributed by atoms with Crippen LogP contribution in [0.25, 0.3) is 0 Å². The van der Waals surface area contributed by atoms with Gasteiger partial charge in [0.25, 0.3) is 0 Å². The fraction of sp³-hybridized carbons (Fsp3) is 0.538. The average molecular weight is 242 g/mol. The van der Waals surface area contributed by atoms with Crippen LogP contribution in [0.5, 0.6) is 0 Å². The van der Waals surface area contributed by atoms with Crippen LogP contribution in [-0.2, 0) is 0 Å². The van der Waals surface area contributed by atoms with E-state index in [1.165, 1.54) is 12.1 Å². The molecule has 17 heavy (non-hydrogen) atoms. The molecule has 0 fully saturated rings. The third kappa shape index (κ3) is 4.79. The van der Waals surface area contributed by atoms with Crippen LogP contribution in [0.4, 0.5) is 8.78 Å². The van der Waals surface area contributed by atoms with E-state index < -0.39 is 11.6 Å². The van der Waals surface area contributed by atoms with E-state index in [9.17, 15) is 8.78 Å². The summed E-state index contributed by atoms with van der Waals surface area (Å²) in [4.78, 5) is 0. The quantitative estimate of drug-likeness (QED) is 0.593. The van der Waals surface area contributed by atoms with Gasteiger partial charge in [0.1, 0.15) is 11.6 Å². The summed E-state index contributed by atoms with van der Waals surface area (Å²) in [5.41, 5.74) is 3.18. The lowest BCUT2D eigenvalue weighted by molar-refractivity contribution is 0.451. The van der Waals surface area contributed by atoms with E-state index in [1.54, 1.807) is 0 Å². The predicted octanol–water partition coefficient (Wildman–Crippen LogP) is 3.30. The lowest BCUT2D eigenvalue weighted by Gasteiger charge is -2.17. The number of benzene rings is 1. The Morgan fingerprint density at radius 3 is 2.18 bits per heavy atom. The zero-order valence-corrected chi connectivity index (χ0v) is 10.3. The number of nitrogens with one attached hydrogen (secondary N) is 1. The van der Waals surface area contributed by atoms with E-state index in [0.717, 1.165) is 25.3 Å². The second-order valence-electron chi connectivity index (χ2n) is 4.75. The molecular formula is C13H20F2N2. The molecule has 0 heterocycles. The molecule has 0 bridgehead atoms. The fourth-order valence-electron chi connectivity index (χ4n) is 1.85. The molecule has 1 atom stereocenters. The third-order valence-corrected chi connectivity index (χ3v) is 2.76. The molecule has 0 aliphatic heterocycles. The van der Waals surface area contributed by atoms with Crippen LogP contribution in [0.1, 0.15) is 44.7 Å². The van der Waals surface area contributed by atoms with Crippen molar-refractivity contribution in [2.75, 3.05) is 0 Å². The van der Waals surface area contributed by atoms with E-state index in [0.29, 0.717) is 11.5 Å². The van der Waals surface area contributed by atoms with Crippen molar-refractivity contribution >= 4 is 0 Å². The van der Waals surface area contributed by atoms with Gasteiger partial charge in [0.2, 0.25) is 0 Å². The number of halogens is 2. The summed E-state index contributed by atoms with van der Waals surface area (Å²) in [5.74, 6) is 4.92. The smallest absolute Gasteiger partial charge is 0.126 e. The molecule has 0 aromatic heterocycles. The van der Waals surface area contributed by atoms with Crippen molar-refractivity contribution in [3.8, 4) is 0 Å². The van der Waals surface area contributed by atoms with Crippen LogP contribution in [-0.4, -0.2) is 0 Å². The molecule has 0 saturated carbocycles. The lowest BCUT2D eigenvalue weighted by Crippen LogP contribution is -2.28. The number of hydrogen-bond donors (Lipinski definition) is 2. The minimum Gasteiger partial charge on any atom is -0.271 e. The van der Waals surface area contributed by atoms with Crippen LogP contribution < -0.4 is 11.3 Å². The van der Waals surface area contributed by atoms with Gasteiger partial charge in [-0.2, -0.15) is 0 Å². The first-order valence-electron chi connectivity index (χ1n) is 5.95. The third-order valence-electron chi connectivity index (χ3n) is 2.76. The molecule has 4 heteroatoms. The molecule has 0 aliphatic carbocycles. The predicted molar refractivity (Wildman–Crippen MR) is 65.1 cm³/mol. The average Bonchev–Trinajstić information content (AvgIpc) is 2.22. The van der Waals surface area contributed by atoms with Gasteiger partial charge in [-0.1, -0.05) is 26.7 Å². The molecule has 1 unspecified atom stereocenters. The zero-order valence-electron chi connectivity index (χ0n) is 10.3. The molecule has 1 aromatic carbocycles. The number of hydrogen-bond acceptors (Lipinski definition) is 2. The Bertz CT molecular complexity index is 333. The van der Waals surface area contributed by atoms with Gasteiger partial charge in [-0.15, -0.1) is 0 Å². The minimum absolute atomic E-state index is 0.195. The molecule has 0 saturated heterocycles. The fourth-order valence-corrected chi connectivity index (χ4v) is 1.85. The second-order valence-corrected chi connectivity index (χ2v) is 4.75. The van der Waals surface area contributed by atoms with Gasteiger partial charge in [0.05, 0.1) is 0 Å². The highest BCUT2D eigenvalue weighted by atomic mass is 19.1. The van der Waals surface area contributed by atoms with Crippen molar-refractivity contribution in [2.24, 2.45) is 11.8 Å². The summed E-state index contributed by atoms with van der Waals surface area (Å²) in [7, 11) is 0. The van der Waals surface area contributed by atoms with Crippen molar-refractivity contribution in [3.63, 3.8) is 0 Å². The lowest BCUT2D eigenvalue weighted by atomic mass is 9.98. The summed E-state index contributed by atoms with van der Waals surface area (Å²) < 4.78 is 26.1. The standard InChI is InChI=1S/C13H20F2N2/c1-9(2)4-3-5-13(17-16)10-6-11(14)8-12(15)7-10/h6-9,13,17H,3-5,16H2,1-2H3. The Kier molecular flexibility index (Phi) is 5.51. The zero-order chi connectivity index (χ0) is 12.8. The van der Waals surface area contributed by atoms with E-state index in [4.69, 9.17) is 5.84 Å². The van der Waals surface area contributed by atoms with Crippen LogP contribution in [0.15, 0.2) is 18.2 Å². The van der Waals surface area contributed by atoms with Gasteiger partial charge in [0.15, 0.2) is 0 Å². The molecular weight excluding hydrogens is 222 g/mol. The molecule has 3 N–H and O–H groups in total. The molecule has 0 aliphatic rings. The van der Waals surface area contributed by atoms with Crippen LogP contribution in [0.2, 0.25) is 0 Å². The van der Waals surface area contributed by atoms with E-state index in [2.05, 4.69) is 19.3 Å². The van der Waals surface area contributed by atoms with E-state index >= 15 is 0 Å². The van der Waals surface area contributed by atoms with Crippen molar-refractivity contribution < 1.29 is 8.78 Å². The molecule has 0 radical (unpaired) electrons. The number of nitrogens with two attached hydrogens (primary N) is 1. The SMILES string of the molecule is CC(C)CCCC(NN)c1cc(F)cc(F)c1. The number of rotatable bonds is 6. The highest BCUT2D eigenvalue weighted by Crippen LogP contribution is 2.21. The van der Waals surface area contributed by atoms with E-state index in [1.807, 2.05) is 0 Å². The highest BCUT2D eigenvalue weighted by Gasteiger charge is 2.12. The van der Waals surface area contributed by atoms with Crippen molar-refractivity contribution in [1.82, 2.24) is 5.43 Å². The molecule has 0 spiro atoms. The maximum atomic E-state index is 13.1. The van der Waals surface area contributed by atoms with Crippen LogP contribution >= 0.6 is 0 Å². The first kappa shape index (κ1) is 14.1. The van der Waals surface area contributed by atoms with Gasteiger partial charge < -0.3 is 0 Å². The first-order valence-corrected chi connectivity index (χ1v) is 5.95. The second kappa shape index (κ2) is 6.67. The van der Waals surface area contributed by atoms with Gasteiger partial charge in [-0.25, -0.2) is 8.78 Å². The highest BCUT2D eigenvalue weighted by molar-refractivity contribution is 5.21. The van der Waals surface area contributed by atoms with Gasteiger partial charge >= 0.3 is 0 Å². The molecule has 2 nitrogen and oxygen atoms in total. The minimum atomic E-state index is -0.566. The first-order chi connectivity index (χ1) is 8.02. The van der Waals surface area contributed by atoms with E-state index in [-0.39, 0.29) is 6.04 Å². The Morgan fingerprint density at radius 1 is 1.12 bits per heavy atom. The normalized spacial score (nSPS) is 13.1.